The molecule has 0 bridgehead atoms. The molecule has 4 nitrogen and oxygen atoms in total. The number of halogens is 2. The van der Waals surface area contributed by atoms with E-state index in [0.717, 1.165) is 16.6 Å². The van der Waals surface area contributed by atoms with Crippen LogP contribution in [0.4, 0.5) is 0 Å². The maximum absolute atomic E-state index is 6.03. The zero-order chi connectivity index (χ0) is 14.7. The largest absolute Gasteiger partial charge is 0.337 e. The Morgan fingerprint density at radius 3 is 2.62 bits per heavy atom. The molecule has 3 rings (SSSR count). The minimum absolute atomic E-state index is 0.533. The fraction of sp³-hybridized carbons (Fsp3) is 0. The molecular formula is C15H10Cl2N4. The molecule has 0 atom stereocenters. The summed E-state index contributed by atoms with van der Waals surface area (Å²) in [5.74, 6) is 0.649. The highest BCUT2D eigenvalue weighted by atomic mass is 35.5. The van der Waals surface area contributed by atoms with Crippen molar-refractivity contribution in [1.82, 2.24) is 9.97 Å². The molecule has 21 heavy (non-hydrogen) atoms. The van der Waals surface area contributed by atoms with Crippen LogP contribution in [-0.2, 0) is 0 Å². The Labute approximate surface area is 131 Å². The number of benzene rings is 2. The van der Waals surface area contributed by atoms with Crippen molar-refractivity contribution in [1.29, 1.82) is 0 Å². The van der Waals surface area contributed by atoms with E-state index in [4.69, 9.17) is 23.2 Å². The van der Waals surface area contributed by atoms with Crippen LogP contribution in [0.15, 0.2) is 52.7 Å². The summed E-state index contributed by atoms with van der Waals surface area (Å²) in [5.41, 5.74) is 2.61. The van der Waals surface area contributed by atoms with Crippen molar-refractivity contribution in [2.45, 2.75) is 0 Å². The molecule has 0 saturated carbocycles. The van der Waals surface area contributed by atoms with E-state index in [1.807, 2.05) is 24.3 Å². The molecule has 0 unspecified atom stereocenters. The average molecular weight is 317 g/mol. The number of hydrogen-bond donors (Lipinski definition) is 1. The minimum Gasteiger partial charge on any atom is -0.337 e. The van der Waals surface area contributed by atoms with Gasteiger partial charge in [-0.3, -0.25) is 0 Å². The number of H-pyrrole nitrogens is 1. The minimum atomic E-state index is 0.533. The number of fused-ring (bicyclic) bond motifs is 1. The zero-order valence-corrected chi connectivity index (χ0v) is 12.3. The molecule has 1 N–H and O–H groups in total. The van der Waals surface area contributed by atoms with Crippen LogP contribution in [-0.4, -0.2) is 22.4 Å². The molecule has 0 aliphatic rings. The summed E-state index contributed by atoms with van der Waals surface area (Å²) >= 11 is 11.9. The first-order valence-electron chi connectivity index (χ1n) is 6.18. The van der Waals surface area contributed by atoms with E-state index in [9.17, 15) is 0 Å². The second-order valence-corrected chi connectivity index (χ2v) is 5.14. The van der Waals surface area contributed by atoms with Crippen molar-refractivity contribution >= 4 is 46.7 Å². The number of aromatic amines is 1. The lowest BCUT2D eigenvalue weighted by atomic mass is 10.2. The van der Waals surface area contributed by atoms with Gasteiger partial charge in [-0.2, -0.15) is 10.2 Å². The Morgan fingerprint density at radius 1 is 1.00 bits per heavy atom. The van der Waals surface area contributed by atoms with E-state index < -0.39 is 0 Å². The van der Waals surface area contributed by atoms with Gasteiger partial charge in [-0.05, 0) is 24.3 Å². The van der Waals surface area contributed by atoms with Crippen LogP contribution in [0.5, 0.6) is 0 Å². The summed E-state index contributed by atoms with van der Waals surface area (Å²) in [5, 5.41) is 9.03. The highest BCUT2D eigenvalue weighted by Crippen LogP contribution is 2.19. The second kappa shape index (κ2) is 6.08. The van der Waals surface area contributed by atoms with Gasteiger partial charge in [0.2, 0.25) is 0 Å². The van der Waals surface area contributed by atoms with Crippen molar-refractivity contribution in [3.05, 3.63) is 63.9 Å². The molecule has 0 fully saturated rings. The second-order valence-electron chi connectivity index (χ2n) is 4.29. The third kappa shape index (κ3) is 3.29. The number of aromatic nitrogens is 2. The van der Waals surface area contributed by atoms with E-state index >= 15 is 0 Å². The molecule has 0 spiro atoms. The molecule has 2 aromatic carbocycles. The lowest BCUT2D eigenvalue weighted by Gasteiger charge is -1.96. The molecule has 1 heterocycles. The van der Waals surface area contributed by atoms with Gasteiger partial charge in [0.05, 0.1) is 28.5 Å². The molecule has 104 valence electrons. The summed E-state index contributed by atoms with van der Waals surface area (Å²) in [6.45, 7) is 0. The predicted molar refractivity (Wildman–Crippen MR) is 87.7 cm³/mol. The number of imidazole rings is 1. The number of nitrogens with one attached hydrogen (secondary N) is 1. The van der Waals surface area contributed by atoms with E-state index in [0.29, 0.717) is 15.9 Å². The highest BCUT2D eigenvalue weighted by molar-refractivity contribution is 6.36. The smallest absolute Gasteiger partial charge is 0.151 e. The van der Waals surface area contributed by atoms with Crippen LogP contribution in [0.2, 0.25) is 10.0 Å². The van der Waals surface area contributed by atoms with Gasteiger partial charge < -0.3 is 4.98 Å². The monoisotopic (exact) mass is 316 g/mol. The molecule has 6 heteroatoms. The predicted octanol–water partition coefficient (Wildman–Crippen LogP) is 4.32. The SMILES string of the molecule is Clc1ccc(/C=N\N=C\c2nc3ccccc3[nH]2)c(Cl)c1. The maximum atomic E-state index is 6.03. The van der Waals surface area contributed by atoms with Gasteiger partial charge in [0.25, 0.3) is 0 Å². The van der Waals surface area contributed by atoms with Gasteiger partial charge in [-0.1, -0.05) is 41.4 Å². The van der Waals surface area contributed by atoms with Gasteiger partial charge in [-0.25, -0.2) is 4.98 Å². The molecule has 1 aromatic heterocycles. The van der Waals surface area contributed by atoms with Crippen LogP contribution < -0.4 is 0 Å². The lowest BCUT2D eigenvalue weighted by molar-refractivity contribution is 1.23. The Hall–Kier alpha value is -2.17. The van der Waals surface area contributed by atoms with Crippen molar-refractivity contribution in [3.8, 4) is 0 Å². The van der Waals surface area contributed by atoms with Crippen LogP contribution in [0.1, 0.15) is 11.4 Å². The van der Waals surface area contributed by atoms with Gasteiger partial charge in [0, 0.05) is 10.6 Å². The van der Waals surface area contributed by atoms with E-state index in [2.05, 4.69) is 20.2 Å². The van der Waals surface area contributed by atoms with Gasteiger partial charge in [-0.15, -0.1) is 0 Å². The molecule has 0 saturated heterocycles. The Bertz CT molecular complexity index is 804. The zero-order valence-electron chi connectivity index (χ0n) is 10.8. The molecule has 3 aromatic rings. The number of para-hydroxylation sites is 2. The summed E-state index contributed by atoms with van der Waals surface area (Å²) in [7, 11) is 0. The average Bonchev–Trinajstić information content (AvgIpc) is 2.88. The van der Waals surface area contributed by atoms with E-state index in [1.54, 1.807) is 30.6 Å². The first-order chi connectivity index (χ1) is 10.2. The summed E-state index contributed by atoms with van der Waals surface area (Å²) in [6, 6.07) is 13.0. The Kier molecular flexibility index (Phi) is 3.99. The maximum Gasteiger partial charge on any atom is 0.151 e. The third-order valence-electron chi connectivity index (χ3n) is 2.81. The quantitative estimate of drug-likeness (QED) is 0.567. The van der Waals surface area contributed by atoms with E-state index in [-0.39, 0.29) is 0 Å². The molecule has 0 aliphatic carbocycles. The van der Waals surface area contributed by atoms with Gasteiger partial charge in [0.15, 0.2) is 5.82 Å². The molecular weight excluding hydrogens is 307 g/mol. The standard InChI is InChI=1S/C15H10Cl2N4/c16-11-6-5-10(12(17)7-11)8-18-19-9-15-20-13-3-1-2-4-14(13)21-15/h1-9H,(H,20,21)/b18-8-,19-9+. The van der Waals surface area contributed by atoms with Crippen molar-refractivity contribution in [2.75, 3.05) is 0 Å². The summed E-state index contributed by atoms with van der Waals surface area (Å²) in [4.78, 5) is 7.50. The topological polar surface area (TPSA) is 53.4 Å². The van der Waals surface area contributed by atoms with Gasteiger partial charge >= 0.3 is 0 Å². The van der Waals surface area contributed by atoms with Crippen LogP contribution >= 0.6 is 23.2 Å². The van der Waals surface area contributed by atoms with Crippen molar-refractivity contribution in [3.63, 3.8) is 0 Å². The first-order valence-corrected chi connectivity index (χ1v) is 6.94. The third-order valence-corrected chi connectivity index (χ3v) is 3.38. The Morgan fingerprint density at radius 2 is 1.81 bits per heavy atom. The fourth-order valence-corrected chi connectivity index (χ4v) is 2.28. The van der Waals surface area contributed by atoms with Crippen molar-refractivity contribution in [2.24, 2.45) is 10.2 Å². The molecule has 0 amide bonds. The first kappa shape index (κ1) is 13.8. The van der Waals surface area contributed by atoms with Crippen LogP contribution in [0, 0.1) is 0 Å². The van der Waals surface area contributed by atoms with Gasteiger partial charge in [0.1, 0.15) is 0 Å². The lowest BCUT2D eigenvalue weighted by Crippen LogP contribution is -1.84. The molecule has 0 aliphatic heterocycles. The number of hydrogen-bond acceptors (Lipinski definition) is 3. The highest BCUT2D eigenvalue weighted by Gasteiger charge is 1.99. The number of nitrogens with zero attached hydrogens (tertiary/aromatic N) is 3. The summed E-state index contributed by atoms with van der Waals surface area (Å²) < 4.78 is 0. The number of rotatable bonds is 3. The summed E-state index contributed by atoms with van der Waals surface area (Å²) in [6.07, 6.45) is 3.12. The Balaban J connectivity index is 1.75. The molecule has 0 radical (unpaired) electrons. The van der Waals surface area contributed by atoms with Crippen molar-refractivity contribution < 1.29 is 0 Å². The van der Waals surface area contributed by atoms with E-state index in [1.165, 1.54) is 0 Å². The van der Waals surface area contributed by atoms with Crippen LogP contribution in [0.25, 0.3) is 11.0 Å². The fourth-order valence-electron chi connectivity index (χ4n) is 1.82. The normalized spacial score (nSPS) is 11.9. The van der Waals surface area contributed by atoms with Crippen LogP contribution in [0.3, 0.4) is 0 Å².